The number of carbonyl (C=O) groups is 1. The average Bonchev–Trinajstić information content (AvgIpc) is 3.10. The van der Waals surface area contributed by atoms with Crippen LogP contribution in [0.2, 0.25) is 5.02 Å². The van der Waals surface area contributed by atoms with Crippen LogP contribution in [-0.4, -0.2) is 29.1 Å². The van der Waals surface area contributed by atoms with Crippen molar-refractivity contribution in [3.63, 3.8) is 0 Å². The van der Waals surface area contributed by atoms with Crippen molar-refractivity contribution in [1.29, 1.82) is 5.26 Å². The van der Waals surface area contributed by atoms with Crippen LogP contribution in [0.4, 0.5) is 0 Å². The molecule has 0 spiro atoms. The van der Waals surface area contributed by atoms with Gasteiger partial charge in [-0.15, -0.1) is 0 Å². The normalized spacial score (nSPS) is 19.7. The highest BCUT2D eigenvalue weighted by Gasteiger charge is 2.47. The predicted molar refractivity (Wildman–Crippen MR) is 80.7 cm³/mol. The molecule has 0 N–H and O–H groups in total. The quantitative estimate of drug-likeness (QED) is 0.868. The molecule has 0 saturated carbocycles. The zero-order valence-corrected chi connectivity index (χ0v) is 12.8. The summed E-state index contributed by atoms with van der Waals surface area (Å²) in [6.07, 6.45) is 4.77. The summed E-state index contributed by atoms with van der Waals surface area (Å²) >= 11 is 6.38. The van der Waals surface area contributed by atoms with Gasteiger partial charge in [0.2, 0.25) is 0 Å². The maximum absolute atomic E-state index is 12.8. The summed E-state index contributed by atoms with van der Waals surface area (Å²) in [5, 5.41) is 9.40. The molecule has 1 aromatic carbocycles. The molecule has 1 aromatic heterocycles. The summed E-state index contributed by atoms with van der Waals surface area (Å²) in [6.45, 7) is -0.00600. The van der Waals surface area contributed by atoms with E-state index >= 15 is 0 Å². The molecule has 112 valence electrons. The third kappa shape index (κ3) is 2.04. The van der Waals surface area contributed by atoms with Gasteiger partial charge in [-0.1, -0.05) is 17.7 Å². The lowest BCUT2D eigenvalue weighted by atomic mass is 9.83. The molecule has 0 fully saturated rings. The van der Waals surface area contributed by atoms with Crippen molar-refractivity contribution in [3.05, 3.63) is 52.6 Å². The number of nitriles is 1. The predicted octanol–water partition coefficient (Wildman–Crippen LogP) is 2.31. The monoisotopic (exact) mass is 315 g/mol. The highest BCUT2D eigenvalue weighted by Crippen LogP contribution is 2.42. The molecule has 1 aliphatic rings. The van der Waals surface area contributed by atoms with E-state index in [-0.39, 0.29) is 12.4 Å². The smallest absolute Gasteiger partial charge is 0.188 e. The second-order valence-corrected chi connectivity index (χ2v) is 5.69. The summed E-state index contributed by atoms with van der Waals surface area (Å²) in [4.78, 5) is 17.0. The summed E-state index contributed by atoms with van der Waals surface area (Å²) in [6, 6.07) is 7.08. The molecule has 0 bridgehead atoms. The van der Waals surface area contributed by atoms with Gasteiger partial charge in [0.05, 0.1) is 18.0 Å². The molecular weight excluding hydrogens is 302 g/mol. The highest BCUT2D eigenvalue weighted by molar-refractivity contribution is 6.32. The van der Waals surface area contributed by atoms with E-state index < -0.39 is 5.54 Å². The van der Waals surface area contributed by atoms with Crippen LogP contribution in [0.15, 0.2) is 30.7 Å². The molecule has 5 nitrogen and oxygen atoms in total. The molecule has 0 radical (unpaired) electrons. The molecule has 2 heterocycles. The van der Waals surface area contributed by atoms with E-state index in [9.17, 15) is 4.79 Å². The Morgan fingerprint density at radius 2 is 2.41 bits per heavy atom. The highest BCUT2D eigenvalue weighted by atomic mass is 35.5. The minimum atomic E-state index is -0.910. The number of halogens is 1. The van der Waals surface area contributed by atoms with Crippen LogP contribution in [0, 0.1) is 11.3 Å². The van der Waals surface area contributed by atoms with Gasteiger partial charge in [0.25, 0.3) is 0 Å². The van der Waals surface area contributed by atoms with Crippen molar-refractivity contribution in [2.45, 2.75) is 18.4 Å². The number of Topliss-reactive ketones (excluding diaryl/α,β-unsaturated/α-hetero) is 1. The number of hydrogen-bond donors (Lipinski definition) is 0. The van der Waals surface area contributed by atoms with Crippen molar-refractivity contribution in [1.82, 2.24) is 9.55 Å². The third-order valence-corrected chi connectivity index (χ3v) is 4.46. The number of benzene rings is 1. The van der Waals surface area contributed by atoms with E-state index in [4.69, 9.17) is 21.6 Å². The Kier molecular flexibility index (Phi) is 3.73. The standard InChI is InChI=1S/C16H14ClN3O2/c1-22-9-15(21)16(5-4-12-8-19-10-20(12)16)13-3-2-11(7-18)6-14(13)17/h2-3,6,8,10H,4-5,9H2,1H3. The zero-order chi connectivity index (χ0) is 15.7. The fourth-order valence-electron chi connectivity index (χ4n) is 3.14. The first kappa shape index (κ1) is 14.8. The third-order valence-electron chi connectivity index (χ3n) is 4.15. The average molecular weight is 316 g/mol. The number of hydrogen-bond acceptors (Lipinski definition) is 4. The Balaban J connectivity index is 2.21. The van der Waals surface area contributed by atoms with Crippen LogP contribution >= 0.6 is 11.6 Å². The molecule has 22 heavy (non-hydrogen) atoms. The Labute approximate surface area is 133 Å². The van der Waals surface area contributed by atoms with Crippen molar-refractivity contribution in [2.75, 3.05) is 13.7 Å². The van der Waals surface area contributed by atoms with Crippen molar-refractivity contribution in [3.8, 4) is 6.07 Å². The SMILES string of the molecule is COCC(=O)C1(c2ccc(C#N)cc2Cl)CCc2cncn21. The van der Waals surface area contributed by atoms with E-state index in [0.717, 1.165) is 12.1 Å². The van der Waals surface area contributed by atoms with Crippen molar-refractivity contribution in [2.24, 2.45) is 0 Å². The number of rotatable bonds is 4. The van der Waals surface area contributed by atoms with Gasteiger partial charge in [0.15, 0.2) is 5.78 Å². The maximum Gasteiger partial charge on any atom is 0.188 e. The Morgan fingerprint density at radius 1 is 1.59 bits per heavy atom. The summed E-state index contributed by atoms with van der Waals surface area (Å²) < 4.78 is 6.94. The van der Waals surface area contributed by atoms with Crippen LogP contribution in [0.1, 0.15) is 23.2 Å². The summed E-state index contributed by atoms with van der Waals surface area (Å²) in [5.74, 6) is -0.0710. The Morgan fingerprint density at radius 3 is 3.09 bits per heavy atom. The number of ketones is 1. The molecule has 1 atom stereocenters. The molecule has 0 aliphatic carbocycles. The first-order chi connectivity index (χ1) is 10.6. The van der Waals surface area contributed by atoms with Crippen LogP contribution in [0.5, 0.6) is 0 Å². The molecule has 2 aromatic rings. The molecular formula is C16H14ClN3O2. The van der Waals surface area contributed by atoms with Crippen LogP contribution in [0.25, 0.3) is 0 Å². The molecule has 6 heteroatoms. The number of carbonyl (C=O) groups excluding carboxylic acids is 1. The number of ether oxygens (including phenoxy) is 1. The molecule has 1 unspecified atom stereocenters. The molecule has 0 saturated heterocycles. The van der Waals surface area contributed by atoms with E-state index in [1.165, 1.54) is 7.11 Å². The van der Waals surface area contributed by atoms with Crippen LogP contribution < -0.4 is 0 Å². The summed E-state index contributed by atoms with van der Waals surface area (Å²) in [7, 11) is 1.50. The van der Waals surface area contributed by atoms with Crippen molar-refractivity contribution >= 4 is 17.4 Å². The van der Waals surface area contributed by atoms with Gasteiger partial charge in [-0.2, -0.15) is 5.26 Å². The van der Waals surface area contributed by atoms with E-state index in [1.807, 2.05) is 4.57 Å². The van der Waals surface area contributed by atoms with E-state index in [2.05, 4.69) is 11.1 Å². The Bertz CT molecular complexity index is 778. The number of methoxy groups -OCH3 is 1. The van der Waals surface area contributed by atoms with Crippen LogP contribution in [0.3, 0.4) is 0 Å². The fraction of sp³-hybridized carbons (Fsp3) is 0.312. The number of aryl methyl sites for hydroxylation is 1. The number of aromatic nitrogens is 2. The van der Waals surface area contributed by atoms with Gasteiger partial charge in [-0.05, 0) is 25.0 Å². The van der Waals surface area contributed by atoms with Crippen LogP contribution in [-0.2, 0) is 21.5 Å². The maximum atomic E-state index is 12.8. The Hall–Kier alpha value is -2.16. The first-order valence-corrected chi connectivity index (χ1v) is 7.25. The van der Waals surface area contributed by atoms with Crippen molar-refractivity contribution < 1.29 is 9.53 Å². The second kappa shape index (κ2) is 5.56. The van der Waals surface area contributed by atoms with Gasteiger partial charge in [-0.3, -0.25) is 4.79 Å². The number of nitrogens with zero attached hydrogens (tertiary/aromatic N) is 3. The lowest BCUT2D eigenvalue weighted by Crippen LogP contribution is -2.42. The molecule has 1 aliphatic heterocycles. The number of imidazole rings is 1. The van der Waals surface area contributed by atoms with Gasteiger partial charge >= 0.3 is 0 Å². The number of fused-ring (bicyclic) bond motifs is 1. The summed E-state index contributed by atoms with van der Waals surface area (Å²) in [5.41, 5.74) is 1.23. The minimum Gasteiger partial charge on any atom is -0.377 e. The topological polar surface area (TPSA) is 67.9 Å². The van der Waals surface area contributed by atoms with Gasteiger partial charge in [0, 0.05) is 29.6 Å². The largest absolute Gasteiger partial charge is 0.377 e. The minimum absolute atomic E-state index is 0.00600. The van der Waals surface area contributed by atoms with E-state index in [1.54, 1.807) is 30.7 Å². The fourth-order valence-corrected chi connectivity index (χ4v) is 3.48. The lowest BCUT2D eigenvalue weighted by Gasteiger charge is -2.31. The van der Waals surface area contributed by atoms with E-state index in [0.29, 0.717) is 22.6 Å². The second-order valence-electron chi connectivity index (χ2n) is 5.28. The van der Waals surface area contributed by atoms with Gasteiger partial charge in [-0.25, -0.2) is 4.98 Å². The molecule has 3 rings (SSSR count). The lowest BCUT2D eigenvalue weighted by molar-refractivity contribution is -0.129. The van der Waals surface area contributed by atoms with Gasteiger partial charge < -0.3 is 9.30 Å². The molecule has 0 amide bonds. The first-order valence-electron chi connectivity index (χ1n) is 6.87. The zero-order valence-electron chi connectivity index (χ0n) is 12.0. The van der Waals surface area contributed by atoms with Gasteiger partial charge in [0.1, 0.15) is 12.1 Å².